The lowest BCUT2D eigenvalue weighted by Gasteiger charge is -2.38. The summed E-state index contributed by atoms with van der Waals surface area (Å²) in [6.45, 7) is 2.02. The minimum absolute atomic E-state index is 0.455. The monoisotopic (exact) mass is 409 g/mol. The normalized spacial score (nSPS) is 17.2. The van der Waals surface area contributed by atoms with Gasteiger partial charge in [0.2, 0.25) is 0 Å². The van der Waals surface area contributed by atoms with E-state index < -0.39 is 17.2 Å². The van der Waals surface area contributed by atoms with Gasteiger partial charge in [0, 0.05) is 45.5 Å². The maximum Gasteiger partial charge on any atom is 0.416 e. The van der Waals surface area contributed by atoms with Gasteiger partial charge in [-0.3, -0.25) is 9.67 Å². The van der Waals surface area contributed by atoms with Crippen LogP contribution in [-0.4, -0.2) is 42.5 Å². The fourth-order valence-corrected chi connectivity index (χ4v) is 3.58. The van der Waals surface area contributed by atoms with E-state index >= 15 is 0 Å². The molecule has 9 heteroatoms. The summed E-state index contributed by atoms with van der Waals surface area (Å²) in [6.07, 6.45) is -1.37. The van der Waals surface area contributed by atoms with Crippen molar-refractivity contribution in [3.8, 4) is 0 Å². The zero-order chi connectivity index (χ0) is 20.9. The van der Waals surface area contributed by atoms with Crippen LogP contribution in [-0.2, 0) is 29.9 Å². The molecule has 1 aliphatic heterocycles. The summed E-state index contributed by atoms with van der Waals surface area (Å²) in [4.78, 5) is 4.24. The van der Waals surface area contributed by atoms with E-state index in [1.54, 1.807) is 24.0 Å². The first-order valence-electron chi connectivity index (χ1n) is 9.51. The van der Waals surface area contributed by atoms with Crippen molar-refractivity contribution in [2.24, 2.45) is 12.0 Å². The summed E-state index contributed by atoms with van der Waals surface area (Å²) >= 11 is 0. The second kappa shape index (κ2) is 8.86. The fraction of sp³-hybridized carbons (Fsp3) is 0.500. The van der Waals surface area contributed by atoms with Crippen molar-refractivity contribution in [3.63, 3.8) is 0 Å². The third-order valence-corrected chi connectivity index (χ3v) is 5.43. The molecule has 0 radical (unpaired) electrons. The molecular formula is C20H26F3N5O. The molecule has 6 nitrogen and oxygen atoms in total. The Labute approximate surface area is 168 Å². The van der Waals surface area contributed by atoms with E-state index in [1.807, 2.05) is 13.1 Å². The lowest BCUT2D eigenvalue weighted by molar-refractivity contribution is -0.137. The molecule has 2 aromatic rings. The number of halogens is 3. The first-order chi connectivity index (χ1) is 13.8. The number of aryl methyl sites for hydroxylation is 1. The molecule has 0 saturated carbocycles. The van der Waals surface area contributed by atoms with Crippen LogP contribution in [0, 0.1) is 0 Å². The van der Waals surface area contributed by atoms with Gasteiger partial charge in [-0.05, 0) is 30.5 Å². The van der Waals surface area contributed by atoms with E-state index in [-0.39, 0.29) is 0 Å². The number of benzene rings is 1. The van der Waals surface area contributed by atoms with Crippen molar-refractivity contribution in [2.45, 2.75) is 31.0 Å². The van der Waals surface area contributed by atoms with Crippen LogP contribution >= 0.6 is 0 Å². The highest BCUT2D eigenvalue weighted by Crippen LogP contribution is 2.37. The van der Waals surface area contributed by atoms with Gasteiger partial charge >= 0.3 is 6.18 Å². The molecule has 1 fully saturated rings. The van der Waals surface area contributed by atoms with Gasteiger partial charge in [-0.2, -0.15) is 18.3 Å². The van der Waals surface area contributed by atoms with E-state index in [9.17, 15) is 13.2 Å². The Balaban J connectivity index is 1.74. The van der Waals surface area contributed by atoms with Crippen LogP contribution in [0.15, 0.2) is 41.5 Å². The number of nitrogens with one attached hydrogen (secondary N) is 2. The van der Waals surface area contributed by atoms with Gasteiger partial charge < -0.3 is 15.4 Å². The standard InChI is InChI=1S/C20H26F3N5O/c1-24-18(25-13-17-6-9-27-28(17)2)26-14-19(7-10-29-11-8-19)15-4-3-5-16(12-15)20(21,22)23/h3-6,9,12H,7-8,10-11,13-14H2,1-2H3,(H2,24,25,26). The quantitative estimate of drug-likeness (QED) is 0.589. The van der Waals surface area contributed by atoms with Crippen LogP contribution in [0.25, 0.3) is 0 Å². The lowest BCUT2D eigenvalue weighted by Crippen LogP contribution is -2.48. The third-order valence-electron chi connectivity index (χ3n) is 5.43. The summed E-state index contributed by atoms with van der Waals surface area (Å²) in [7, 11) is 3.53. The van der Waals surface area contributed by atoms with Crippen LogP contribution in [0.5, 0.6) is 0 Å². The van der Waals surface area contributed by atoms with Crippen LogP contribution in [0.3, 0.4) is 0 Å². The van der Waals surface area contributed by atoms with Gasteiger partial charge in [-0.25, -0.2) is 0 Å². The molecule has 1 aromatic heterocycles. The summed E-state index contributed by atoms with van der Waals surface area (Å²) in [5, 5.41) is 10.6. The molecule has 2 heterocycles. The van der Waals surface area contributed by atoms with E-state index in [0.29, 0.717) is 50.7 Å². The minimum Gasteiger partial charge on any atom is -0.381 e. The predicted octanol–water partition coefficient (Wildman–Crippen LogP) is 2.85. The van der Waals surface area contributed by atoms with Crippen LogP contribution in [0.1, 0.15) is 29.7 Å². The predicted molar refractivity (Wildman–Crippen MR) is 105 cm³/mol. The fourth-order valence-electron chi connectivity index (χ4n) is 3.58. The molecule has 29 heavy (non-hydrogen) atoms. The average Bonchev–Trinajstić information content (AvgIpc) is 3.13. The topological polar surface area (TPSA) is 63.5 Å². The van der Waals surface area contributed by atoms with Gasteiger partial charge in [0.15, 0.2) is 5.96 Å². The lowest BCUT2D eigenvalue weighted by atomic mass is 9.73. The highest BCUT2D eigenvalue weighted by Gasteiger charge is 2.37. The Morgan fingerprint density at radius 3 is 2.62 bits per heavy atom. The smallest absolute Gasteiger partial charge is 0.381 e. The molecule has 2 N–H and O–H groups in total. The molecule has 0 aliphatic carbocycles. The second-order valence-corrected chi connectivity index (χ2v) is 7.20. The van der Waals surface area contributed by atoms with E-state index in [4.69, 9.17) is 4.74 Å². The number of guanidine groups is 1. The molecule has 0 spiro atoms. The van der Waals surface area contributed by atoms with Crippen molar-refractivity contribution in [1.29, 1.82) is 0 Å². The molecule has 0 unspecified atom stereocenters. The number of hydrogen-bond donors (Lipinski definition) is 2. The Hall–Kier alpha value is -2.55. The minimum atomic E-state index is -4.36. The summed E-state index contributed by atoms with van der Waals surface area (Å²) in [6, 6.07) is 7.53. The van der Waals surface area contributed by atoms with Crippen molar-refractivity contribution in [2.75, 3.05) is 26.8 Å². The molecule has 0 atom stereocenters. The van der Waals surface area contributed by atoms with Crippen LogP contribution < -0.4 is 10.6 Å². The van der Waals surface area contributed by atoms with Gasteiger partial charge in [-0.1, -0.05) is 18.2 Å². The number of aliphatic imine (C=N–C) groups is 1. The first kappa shape index (κ1) is 21.2. The van der Waals surface area contributed by atoms with E-state index in [0.717, 1.165) is 11.8 Å². The number of rotatable bonds is 5. The number of nitrogens with zero attached hydrogens (tertiary/aromatic N) is 3. The number of aromatic nitrogens is 2. The molecule has 158 valence electrons. The third kappa shape index (κ3) is 5.09. The maximum atomic E-state index is 13.2. The maximum absolute atomic E-state index is 13.2. The van der Waals surface area contributed by atoms with E-state index in [1.165, 1.54) is 12.1 Å². The second-order valence-electron chi connectivity index (χ2n) is 7.20. The van der Waals surface area contributed by atoms with Gasteiger partial charge in [0.25, 0.3) is 0 Å². The molecule has 3 rings (SSSR count). The van der Waals surface area contributed by atoms with Crippen LogP contribution in [0.2, 0.25) is 0 Å². The highest BCUT2D eigenvalue weighted by molar-refractivity contribution is 5.79. The molecule has 0 amide bonds. The Kier molecular flexibility index (Phi) is 6.46. The highest BCUT2D eigenvalue weighted by atomic mass is 19.4. The van der Waals surface area contributed by atoms with Crippen molar-refractivity contribution in [3.05, 3.63) is 53.3 Å². The van der Waals surface area contributed by atoms with E-state index in [2.05, 4.69) is 20.7 Å². The van der Waals surface area contributed by atoms with Gasteiger partial charge in [-0.15, -0.1) is 0 Å². The Morgan fingerprint density at radius 1 is 1.24 bits per heavy atom. The van der Waals surface area contributed by atoms with Crippen LogP contribution in [0.4, 0.5) is 13.2 Å². The zero-order valence-electron chi connectivity index (χ0n) is 16.6. The summed E-state index contributed by atoms with van der Waals surface area (Å²) < 4.78 is 46.9. The zero-order valence-corrected chi connectivity index (χ0v) is 16.6. The number of hydrogen-bond acceptors (Lipinski definition) is 3. The van der Waals surface area contributed by atoms with Crippen molar-refractivity contribution in [1.82, 2.24) is 20.4 Å². The summed E-state index contributed by atoms with van der Waals surface area (Å²) in [5.41, 5.74) is 0.584. The molecule has 1 saturated heterocycles. The average molecular weight is 409 g/mol. The first-order valence-corrected chi connectivity index (χ1v) is 9.51. The van der Waals surface area contributed by atoms with Crippen molar-refractivity contribution >= 4 is 5.96 Å². The largest absolute Gasteiger partial charge is 0.416 e. The number of alkyl halides is 3. The molecule has 0 bridgehead atoms. The molecule has 1 aliphatic rings. The molecular weight excluding hydrogens is 383 g/mol. The SMILES string of the molecule is CN=C(NCc1ccnn1C)NCC1(c2cccc(C(F)(F)F)c2)CCOCC1. The van der Waals surface area contributed by atoms with Gasteiger partial charge in [0.1, 0.15) is 0 Å². The summed E-state index contributed by atoms with van der Waals surface area (Å²) in [5.74, 6) is 0.587. The van der Waals surface area contributed by atoms with Gasteiger partial charge in [0.05, 0.1) is 17.8 Å². The Morgan fingerprint density at radius 2 is 2.00 bits per heavy atom. The Bertz CT molecular complexity index is 841. The van der Waals surface area contributed by atoms with Crippen molar-refractivity contribution < 1.29 is 17.9 Å². The molecule has 1 aromatic carbocycles. The number of ether oxygens (including phenoxy) is 1.